The molecule has 1 nitrogen and oxygen atoms in total. The Hall–Kier alpha value is -5.66. The number of hydrogen-bond donors (Lipinski definition) is 0. The zero-order valence-electron chi connectivity index (χ0n) is 42.2. The van der Waals surface area contributed by atoms with Crippen LogP contribution in [0.4, 0.5) is 17.1 Å². The van der Waals surface area contributed by atoms with E-state index >= 15 is 0 Å². The lowest BCUT2D eigenvalue weighted by Gasteiger charge is -2.35. The second-order valence-corrected chi connectivity index (χ2v) is 24.4. The van der Waals surface area contributed by atoms with Gasteiger partial charge in [0.15, 0.2) is 0 Å². The van der Waals surface area contributed by atoms with Crippen LogP contribution in [0.15, 0.2) is 140 Å². The molecule has 0 radical (unpaired) electrons. The van der Waals surface area contributed by atoms with Crippen molar-refractivity contribution < 1.29 is 0 Å². The van der Waals surface area contributed by atoms with Gasteiger partial charge in [-0.25, -0.2) is 0 Å². The zero-order chi connectivity index (χ0) is 46.8. The fourth-order valence-corrected chi connectivity index (χ4v) is 10.5. The molecule has 2 aliphatic carbocycles. The molecule has 0 bridgehead atoms. The van der Waals surface area contributed by atoms with Gasteiger partial charge >= 0.3 is 0 Å². The van der Waals surface area contributed by atoms with E-state index in [-0.39, 0.29) is 32.5 Å². The van der Waals surface area contributed by atoms with Crippen LogP contribution in [0, 0.1) is 0 Å². The molecule has 0 saturated heterocycles. The van der Waals surface area contributed by atoms with E-state index in [4.69, 9.17) is 0 Å². The Morgan fingerprint density at radius 2 is 0.646 bits per heavy atom. The van der Waals surface area contributed by atoms with Gasteiger partial charge in [0.25, 0.3) is 0 Å². The van der Waals surface area contributed by atoms with E-state index in [1.54, 1.807) is 0 Å². The highest BCUT2D eigenvalue weighted by molar-refractivity contribution is 6.01. The molecule has 0 amide bonds. The fraction of sp³-hybridized carbons (Fsp3) is 0.344. The summed E-state index contributed by atoms with van der Waals surface area (Å²) in [6.07, 6.45) is 0. The molecule has 0 aromatic heterocycles. The van der Waals surface area contributed by atoms with E-state index in [2.05, 4.69) is 255 Å². The normalized spacial score (nSPS) is 15.0. The summed E-state index contributed by atoms with van der Waals surface area (Å²) in [6, 6.07) is 54.0. The minimum Gasteiger partial charge on any atom is -0.309 e. The van der Waals surface area contributed by atoms with Crippen LogP contribution in [0.2, 0.25) is 0 Å². The first-order valence-electron chi connectivity index (χ1n) is 24.0. The van der Waals surface area contributed by atoms with E-state index in [0.717, 1.165) is 5.69 Å². The predicted molar refractivity (Wildman–Crippen MR) is 282 cm³/mol. The van der Waals surface area contributed by atoms with E-state index in [1.807, 2.05) is 0 Å². The highest BCUT2D eigenvalue weighted by Gasteiger charge is 2.43. The maximum absolute atomic E-state index is 2.66. The molecule has 1 heteroatoms. The molecule has 0 saturated carbocycles. The SMILES string of the molecule is CC(C)(C)c1ccc2c(c1)C(C)(C)c1cc(C(C)(C)C)cc(N(c3ccc(-c4ccc(-c5ccccc5)cc4)cc3)c3cc(C(C)(C)C)cc4c3-c3ccc(C(C)(C)C)cc3C4(C)C)c1-2. The summed E-state index contributed by atoms with van der Waals surface area (Å²) in [5.41, 5.74) is 24.5. The van der Waals surface area contributed by atoms with Crippen LogP contribution in [-0.2, 0) is 32.5 Å². The van der Waals surface area contributed by atoms with Gasteiger partial charge in [-0.15, -0.1) is 0 Å². The summed E-state index contributed by atoms with van der Waals surface area (Å²) >= 11 is 0. The number of fused-ring (bicyclic) bond motifs is 6. The highest BCUT2D eigenvalue weighted by Crippen LogP contribution is 2.60. The maximum atomic E-state index is 2.66. The van der Waals surface area contributed by atoms with Gasteiger partial charge in [0.05, 0.1) is 11.4 Å². The van der Waals surface area contributed by atoms with Crippen LogP contribution < -0.4 is 4.90 Å². The molecule has 0 unspecified atom stereocenters. The molecule has 9 rings (SSSR count). The summed E-state index contributed by atoms with van der Waals surface area (Å²) in [5.74, 6) is 0. The molecule has 0 aliphatic heterocycles. The van der Waals surface area contributed by atoms with Crippen molar-refractivity contribution in [3.8, 4) is 44.5 Å². The molecule has 2 aliphatic rings. The van der Waals surface area contributed by atoms with Gasteiger partial charge in [-0.1, -0.05) is 226 Å². The largest absolute Gasteiger partial charge is 0.309 e. The predicted octanol–water partition coefficient (Wildman–Crippen LogP) is 18.3. The van der Waals surface area contributed by atoms with E-state index in [9.17, 15) is 0 Å². The lowest BCUT2D eigenvalue weighted by Crippen LogP contribution is -2.22. The standard InChI is InChI=1S/C64H71N/c1-59(2,3)44-28-32-49-51(34-44)63(13,14)53-36-46(61(7,8)9)38-55(57(49)53)65(48-30-26-43(27-31-48)42-24-22-41(23-25-42)40-20-18-17-19-21-40)56-39-47(62(10,11)12)37-54-58(56)50-33-29-45(60(4,5)6)35-52(50)64(54,15)16/h17-39H,1-16H3. The van der Waals surface area contributed by atoms with E-state index < -0.39 is 0 Å². The Morgan fingerprint density at radius 3 is 1.00 bits per heavy atom. The number of anilines is 3. The minimum atomic E-state index is -0.198. The Kier molecular flexibility index (Phi) is 10.2. The molecule has 0 fully saturated rings. The van der Waals surface area contributed by atoms with Gasteiger partial charge in [-0.2, -0.15) is 0 Å². The van der Waals surface area contributed by atoms with Crippen molar-refractivity contribution in [2.75, 3.05) is 4.90 Å². The average molecular weight is 854 g/mol. The number of nitrogens with zero attached hydrogens (tertiary/aromatic N) is 1. The third kappa shape index (κ3) is 7.58. The second-order valence-electron chi connectivity index (χ2n) is 24.4. The summed E-state index contributed by atoms with van der Waals surface area (Å²) in [6.45, 7) is 38.0. The highest BCUT2D eigenvalue weighted by atomic mass is 15.1. The fourth-order valence-electron chi connectivity index (χ4n) is 10.5. The second kappa shape index (κ2) is 14.9. The Bertz CT molecular complexity index is 2820. The van der Waals surface area contributed by atoms with Crippen molar-refractivity contribution in [2.24, 2.45) is 0 Å². The van der Waals surface area contributed by atoms with Gasteiger partial charge in [0.1, 0.15) is 0 Å². The van der Waals surface area contributed by atoms with Crippen LogP contribution >= 0.6 is 0 Å². The number of rotatable bonds is 5. The molecule has 0 atom stereocenters. The van der Waals surface area contributed by atoms with Crippen LogP contribution in [0.25, 0.3) is 44.5 Å². The van der Waals surface area contributed by atoms with Gasteiger partial charge in [0.2, 0.25) is 0 Å². The van der Waals surface area contributed by atoms with Crippen LogP contribution in [-0.4, -0.2) is 0 Å². The van der Waals surface area contributed by atoms with Gasteiger partial charge in [0, 0.05) is 27.6 Å². The molecule has 332 valence electrons. The molecule has 0 heterocycles. The van der Waals surface area contributed by atoms with Crippen LogP contribution in [0.5, 0.6) is 0 Å². The van der Waals surface area contributed by atoms with Gasteiger partial charge in [-0.05, 0) is 124 Å². The lowest BCUT2D eigenvalue weighted by atomic mass is 9.77. The molecule has 0 spiro atoms. The summed E-state index contributed by atoms with van der Waals surface area (Å²) < 4.78 is 0. The molecule has 7 aromatic rings. The van der Waals surface area contributed by atoms with Crippen LogP contribution in [0.1, 0.15) is 155 Å². The van der Waals surface area contributed by atoms with Crippen molar-refractivity contribution in [3.63, 3.8) is 0 Å². The Labute approximate surface area is 392 Å². The third-order valence-corrected chi connectivity index (χ3v) is 14.9. The molecule has 7 aromatic carbocycles. The average Bonchev–Trinajstić information content (AvgIpc) is 3.62. The first-order valence-corrected chi connectivity index (χ1v) is 24.0. The lowest BCUT2D eigenvalue weighted by molar-refractivity contribution is 0.580. The van der Waals surface area contributed by atoms with Crippen molar-refractivity contribution in [1.29, 1.82) is 0 Å². The summed E-state index contributed by atoms with van der Waals surface area (Å²) in [7, 11) is 0. The Balaban J connectivity index is 1.36. The topological polar surface area (TPSA) is 3.24 Å². The molecular formula is C64H71N. The smallest absolute Gasteiger partial charge is 0.0546 e. The van der Waals surface area contributed by atoms with E-state index in [0.29, 0.717) is 0 Å². The van der Waals surface area contributed by atoms with Crippen molar-refractivity contribution in [2.45, 2.75) is 143 Å². The van der Waals surface area contributed by atoms with Crippen molar-refractivity contribution >= 4 is 17.1 Å². The molecule has 65 heavy (non-hydrogen) atoms. The number of hydrogen-bond acceptors (Lipinski definition) is 1. The minimum absolute atomic E-state index is 0.0376. The van der Waals surface area contributed by atoms with Gasteiger partial charge in [-0.3, -0.25) is 0 Å². The van der Waals surface area contributed by atoms with E-state index in [1.165, 1.54) is 100 Å². The molecular weight excluding hydrogens is 783 g/mol. The summed E-state index contributed by atoms with van der Waals surface area (Å²) in [5, 5.41) is 0. The third-order valence-electron chi connectivity index (χ3n) is 14.9. The van der Waals surface area contributed by atoms with Crippen molar-refractivity contribution in [3.05, 3.63) is 184 Å². The molecule has 0 N–H and O–H groups in total. The quantitative estimate of drug-likeness (QED) is 0.167. The number of benzene rings is 7. The zero-order valence-corrected chi connectivity index (χ0v) is 42.2. The van der Waals surface area contributed by atoms with Crippen molar-refractivity contribution in [1.82, 2.24) is 0 Å². The monoisotopic (exact) mass is 854 g/mol. The first-order chi connectivity index (χ1) is 30.3. The van der Waals surface area contributed by atoms with Gasteiger partial charge < -0.3 is 4.90 Å². The van der Waals surface area contributed by atoms with Crippen LogP contribution in [0.3, 0.4) is 0 Å². The summed E-state index contributed by atoms with van der Waals surface area (Å²) in [4.78, 5) is 2.66. The first kappa shape index (κ1) is 44.5. The Morgan fingerprint density at radius 1 is 0.323 bits per heavy atom. The maximum Gasteiger partial charge on any atom is 0.0546 e.